The highest BCUT2D eigenvalue weighted by Crippen LogP contribution is 2.05. The van der Waals surface area contributed by atoms with Crippen LogP contribution in [0.4, 0.5) is 0 Å². The second-order valence-corrected chi connectivity index (χ2v) is 5.96. The zero-order chi connectivity index (χ0) is 15.8. The monoisotopic (exact) mass is 303 g/mol. The molecule has 0 aromatic carbocycles. The van der Waals surface area contributed by atoms with Crippen LogP contribution in [0.25, 0.3) is 0 Å². The second-order valence-electron chi connectivity index (χ2n) is 5.96. The third-order valence-corrected chi connectivity index (χ3v) is 4.13. The van der Waals surface area contributed by atoms with Crippen LogP contribution >= 0.6 is 0 Å². The summed E-state index contributed by atoms with van der Waals surface area (Å²) in [5.41, 5.74) is 0. The molecule has 0 saturated heterocycles. The van der Waals surface area contributed by atoms with Gasteiger partial charge in [-0.25, -0.2) is 9.97 Å². The molecule has 2 aromatic rings. The quantitative estimate of drug-likeness (QED) is 0.677. The molecule has 0 radical (unpaired) electrons. The van der Waals surface area contributed by atoms with Crippen molar-refractivity contribution >= 4 is 0 Å². The maximum atomic E-state index is 4.40. The molecule has 0 saturated carbocycles. The Bertz CT molecular complexity index is 496. The molecule has 0 aliphatic rings. The first-order valence-electron chi connectivity index (χ1n) is 8.35. The molecule has 0 unspecified atom stereocenters. The highest BCUT2D eigenvalue weighted by molar-refractivity contribution is 4.92. The standard InChI is InChI=1S/C17H29N5/c1-4-11-22(12-5-7-16-18-9-14-20(16)2)13-6-8-17-19-10-15-21(17)3/h9-10,14-15H,4-8,11-13H2,1-3H3. The maximum absolute atomic E-state index is 4.40. The smallest absolute Gasteiger partial charge is 0.108 e. The highest BCUT2D eigenvalue weighted by Gasteiger charge is 2.07. The summed E-state index contributed by atoms with van der Waals surface area (Å²) in [6.45, 7) is 5.74. The van der Waals surface area contributed by atoms with E-state index in [0.717, 1.165) is 25.9 Å². The predicted molar refractivity (Wildman–Crippen MR) is 89.8 cm³/mol. The number of hydrogen-bond acceptors (Lipinski definition) is 3. The summed E-state index contributed by atoms with van der Waals surface area (Å²) in [6, 6.07) is 0. The van der Waals surface area contributed by atoms with Gasteiger partial charge in [0.2, 0.25) is 0 Å². The van der Waals surface area contributed by atoms with Gasteiger partial charge >= 0.3 is 0 Å². The van der Waals surface area contributed by atoms with E-state index >= 15 is 0 Å². The van der Waals surface area contributed by atoms with E-state index in [1.165, 1.54) is 37.5 Å². The van der Waals surface area contributed by atoms with E-state index in [1.54, 1.807) is 0 Å². The highest BCUT2D eigenvalue weighted by atomic mass is 15.1. The normalized spacial score (nSPS) is 11.5. The third kappa shape index (κ3) is 4.98. The van der Waals surface area contributed by atoms with E-state index in [2.05, 4.69) is 45.0 Å². The number of imidazole rings is 2. The van der Waals surface area contributed by atoms with Crippen molar-refractivity contribution in [2.75, 3.05) is 19.6 Å². The Hall–Kier alpha value is -1.62. The average molecular weight is 303 g/mol. The number of rotatable bonds is 10. The SMILES string of the molecule is CCCN(CCCc1nccn1C)CCCc1nccn1C. The first kappa shape index (κ1) is 16.7. The maximum Gasteiger partial charge on any atom is 0.108 e. The van der Waals surface area contributed by atoms with Crippen molar-refractivity contribution < 1.29 is 0 Å². The van der Waals surface area contributed by atoms with Gasteiger partial charge in [0, 0.05) is 51.7 Å². The van der Waals surface area contributed by atoms with Crippen molar-refractivity contribution in [1.82, 2.24) is 24.0 Å². The molecular weight excluding hydrogens is 274 g/mol. The Morgan fingerprint density at radius 1 is 0.864 bits per heavy atom. The zero-order valence-corrected chi connectivity index (χ0v) is 14.2. The van der Waals surface area contributed by atoms with E-state index in [0.29, 0.717) is 0 Å². The molecular formula is C17H29N5. The van der Waals surface area contributed by atoms with Gasteiger partial charge in [-0.1, -0.05) is 6.92 Å². The number of nitrogens with zero attached hydrogens (tertiary/aromatic N) is 5. The first-order chi connectivity index (χ1) is 10.7. The number of aryl methyl sites for hydroxylation is 4. The van der Waals surface area contributed by atoms with Crippen LogP contribution in [0.5, 0.6) is 0 Å². The van der Waals surface area contributed by atoms with Gasteiger partial charge in [-0.05, 0) is 38.9 Å². The Morgan fingerprint density at radius 2 is 1.36 bits per heavy atom. The summed E-state index contributed by atoms with van der Waals surface area (Å²) in [4.78, 5) is 11.4. The van der Waals surface area contributed by atoms with Crippen molar-refractivity contribution in [2.45, 2.75) is 39.0 Å². The van der Waals surface area contributed by atoms with Gasteiger partial charge in [0.15, 0.2) is 0 Å². The molecule has 2 heterocycles. The number of hydrogen-bond donors (Lipinski definition) is 0. The summed E-state index contributed by atoms with van der Waals surface area (Å²) in [5, 5.41) is 0. The van der Waals surface area contributed by atoms with Crippen LogP contribution in [-0.2, 0) is 26.9 Å². The van der Waals surface area contributed by atoms with Crippen LogP contribution in [-0.4, -0.2) is 43.6 Å². The van der Waals surface area contributed by atoms with Crippen molar-refractivity contribution in [2.24, 2.45) is 14.1 Å². The van der Waals surface area contributed by atoms with E-state index in [9.17, 15) is 0 Å². The van der Waals surface area contributed by atoms with Gasteiger partial charge < -0.3 is 14.0 Å². The Kier molecular flexibility index (Phi) is 6.65. The second kappa shape index (κ2) is 8.73. The molecule has 0 fully saturated rings. The van der Waals surface area contributed by atoms with Crippen LogP contribution in [0.2, 0.25) is 0 Å². The third-order valence-electron chi connectivity index (χ3n) is 4.13. The van der Waals surface area contributed by atoms with E-state index in [1.807, 2.05) is 24.8 Å². The molecule has 5 nitrogen and oxygen atoms in total. The zero-order valence-electron chi connectivity index (χ0n) is 14.2. The summed E-state index contributed by atoms with van der Waals surface area (Å²) in [7, 11) is 4.14. The summed E-state index contributed by atoms with van der Waals surface area (Å²) >= 11 is 0. The molecule has 0 spiro atoms. The fourth-order valence-corrected chi connectivity index (χ4v) is 2.85. The minimum absolute atomic E-state index is 1.06. The summed E-state index contributed by atoms with van der Waals surface area (Å²) < 4.78 is 4.23. The summed E-state index contributed by atoms with van der Waals surface area (Å²) in [5.74, 6) is 2.37. The molecule has 2 rings (SSSR count). The molecule has 0 amide bonds. The Morgan fingerprint density at radius 3 is 1.73 bits per heavy atom. The van der Waals surface area contributed by atoms with E-state index in [-0.39, 0.29) is 0 Å². The molecule has 122 valence electrons. The largest absolute Gasteiger partial charge is 0.338 e. The Balaban J connectivity index is 1.70. The van der Waals surface area contributed by atoms with Crippen LogP contribution in [0, 0.1) is 0 Å². The first-order valence-corrected chi connectivity index (χ1v) is 8.35. The molecule has 0 atom stereocenters. The van der Waals surface area contributed by atoms with Crippen LogP contribution in [0.1, 0.15) is 37.8 Å². The molecule has 0 N–H and O–H groups in total. The van der Waals surface area contributed by atoms with Crippen LogP contribution < -0.4 is 0 Å². The lowest BCUT2D eigenvalue weighted by molar-refractivity contribution is 0.266. The lowest BCUT2D eigenvalue weighted by Crippen LogP contribution is -2.28. The van der Waals surface area contributed by atoms with Crippen molar-refractivity contribution in [3.8, 4) is 0 Å². The van der Waals surface area contributed by atoms with Gasteiger partial charge in [0.1, 0.15) is 11.6 Å². The van der Waals surface area contributed by atoms with E-state index < -0.39 is 0 Å². The molecule has 0 aliphatic carbocycles. The fraction of sp³-hybridized carbons (Fsp3) is 0.647. The minimum Gasteiger partial charge on any atom is -0.338 e. The van der Waals surface area contributed by atoms with Gasteiger partial charge in [0.25, 0.3) is 0 Å². The lowest BCUT2D eigenvalue weighted by Gasteiger charge is -2.21. The van der Waals surface area contributed by atoms with Crippen LogP contribution in [0.15, 0.2) is 24.8 Å². The van der Waals surface area contributed by atoms with Crippen molar-refractivity contribution in [3.05, 3.63) is 36.4 Å². The molecule has 0 aliphatic heterocycles. The van der Waals surface area contributed by atoms with Gasteiger partial charge in [-0.15, -0.1) is 0 Å². The van der Waals surface area contributed by atoms with E-state index in [4.69, 9.17) is 0 Å². The number of aromatic nitrogens is 4. The predicted octanol–water partition coefficient (Wildman–Crippen LogP) is 2.43. The van der Waals surface area contributed by atoms with Gasteiger partial charge in [0.05, 0.1) is 0 Å². The topological polar surface area (TPSA) is 38.9 Å². The minimum atomic E-state index is 1.06. The molecule has 0 bridgehead atoms. The lowest BCUT2D eigenvalue weighted by atomic mass is 10.2. The summed E-state index contributed by atoms with van der Waals surface area (Å²) in [6.07, 6.45) is 13.5. The van der Waals surface area contributed by atoms with Crippen molar-refractivity contribution in [3.63, 3.8) is 0 Å². The van der Waals surface area contributed by atoms with Gasteiger partial charge in [-0.2, -0.15) is 0 Å². The molecule has 22 heavy (non-hydrogen) atoms. The average Bonchev–Trinajstić information content (AvgIpc) is 3.08. The molecule has 5 heteroatoms. The van der Waals surface area contributed by atoms with Crippen molar-refractivity contribution in [1.29, 1.82) is 0 Å². The fourth-order valence-electron chi connectivity index (χ4n) is 2.85. The molecule has 2 aromatic heterocycles. The van der Waals surface area contributed by atoms with Crippen LogP contribution in [0.3, 0.4) is 0 Å². The Labute approximate surface area is 134 Å². The van der Waals surface area contributed by atoms with Gasteiger partial charge in [-0.3, -0.25) is 0 Å².